The maximum absolute atomic E-state index is 5.41. The van der Waals surface area contributed by atoms with E-state index in [1.54, 1.807) is 0 Å². The summed E-state index contributed by atoms with van der Waals surface area (Å²) in [6.45, 7) is 0. The summed E-state index contributed by atoms with van der Waals surface area (Å²) in [7, 11) is 7.32. The molecule has 1 nitrogen and oxygen atoms in total. The average Bonchev–Trinajstić information content (AvgIpc) is 2.80. The van der Waals surface area contributed by atoms with Crippen LogP contribution in [0.25, 0.3) is 0 Å². The van der Waals surface area contributed by atoms with Gasteiger partial charge >= 0.3 is 33.2 Å². The third kappa shape index (κ3) is 5.42. The molecule has 0 aliphatic heterocycles. The van der Waals surface area contributed by atoms with Crippen LogP contribution in [-0.2, 0) is 12.9 Å². The molecule has 149 valence electrons. The summed E-state index contributed by atoms with van der Waals surface area (Å²) in [6.07, 6.45) is 0. The molecular weight excluding hydrogens is 463 g/mol. The molecule has 5 heteroatoms. The van der Waals surface area contributed by atoms with Crippen molar-refractivity contribution < 1.29 is 12.9 Å². The summed E-state index contributed by atoms with van der Waals surface area (Å²) in [6, 6.07) is 42.4. The molecule has 4 aromatic carbocycles. The maximum Gasteiger partial charge on any atom is 0.0625 e. The van der Waals surface area contributed by atoms with Gasteiger partial charge < -0.3 is 0 Å². The van der Waals surface area contributed by atoms with Crippen LogP contribution in [0.1, 0.15) is 0 Å². The molecule has 0 heterocycles. The Morgan fingerprint density at radius 3 is 1.07 bits per heavy atom. The predicted molar refractivity (Wildman–Crippen MR) is 125 cm³/mol. The van der Waals surface area contributed by atoms with Crippen LogP contribution in [0.4, 0.5) is 5.69 Å². The van der Waals surface area contributed by atoms with Gasteiger partial charge in [0.1, 0.15) is 0 Å². The van der Waals surface area contributed by atoms with Crippen molar-refractivity contribution in [2.75, 3.05) is 0 Å². The van der Waals surface area contributed by atoms with E-state index in [0.29, 0.717) is 12.9 Å². The van der Waals surface area contributed by atoms with E-state index in [4.69, 9.17) is 25.0 Å². The van der Waals surface area contributed by atoms with E-state index in [9.17, 15) is 0 Å². The summed E-state index contributed by atoms with van der Waals surface area (Å²) in [4.78, 5) is 0. The van der Waals surface area contributed by atoms with Gasteiger partial charge in [-0.2, -0.15) is 0 Å². The van der Waals surface area contributed by atoms with Crippen molar-refractivity contribution in [3.05, 3.63) is 121 Å². The van der Waals surface area contributed by atoms with Crippen LogP contribution in [0.2, 0.25) is 0 Å². The van der Waals surface area contributed by atoms with Crippen LogP contribution in [-0.4, -0.2) is 0 Å². The molecule has 0 radical (unpaired) electrons. The van der Waals surface area contributed by atoms with Crippen molar-refractivity contribution in [1.29, 1.82) is 0 Å². The molecular formula is C24H20Cl2CoNP. The first-order valence-electron chi connectivity index (χ1n) is 8.99. The topological polar surface area (TPSA) is 12.4 Å². The number of nitrogens with zero attached hydrogens (tertiary/aromatic N) is 1. The largest absolute Gasteiger partial charge is 0.254 e. The molecule has 4 aromatic rings. The molecule has 29 heavy (non-hydrogen) atoms. The zero-order chi connectivity index (χ0) is 20.4. The first kappa shape index (κ1) is 21.9. The molecule has 4 rings (SSSR count). The van der Waals surface area contributed by atoms with Crippen LogP contribution < -0.4 is 15.9 Å². The minimum absolute atomic E-state index is 0.382. The van der Waals surface area contributed by atoms with Crippen LogP contribution in [0, 0.1) is 0 Å². The third-order valence-electron chi connectivity index (χ3n) is 4.41. The molecule has 0 bridgehead atoms. The number of benzene rings is 4. The molecule has 0 spiro atoms. The number of halogens is 2. The molecule has 0 aliphatic carbocycles. The first-order valence-corrected chi connectivity index (χ1v) is 13.6. The van der Waals surface area contributed by atoms with Crippen molar-refractivity contribution in [3.8, 4) is 0 Å². The minimum atomic E-state index is -2.15. The number of rotatable bonds is 4. The summed E-state index contributed by atoms with van der Waals surface area (Å²) >= 11 is 0.382. The summed E-state index contributed by atoms with van der Waals surface area (Å²) in [5.74, 6) is 0. The average molecular weight is 483 g/mol. The predicted octanol–water partition coefficient (Wildman–Crippen LogP) is 6.87. The zero-order valence-electron chi connectivity index (χ0n) is 15.5. The van der Waals surface area contributed by atoms with E-state index in [1.807, 2.05) is 6.07 Å². The molecule has 0 aromatic heterocycles. The van der Waals surface area contributed by atoms with Crippen molar-refractivity contribution in [2.24, 2.45) is 4.74 Å². The smallest absolute Gasteiger partial charge is 0.0625 e. The van der Waals surface area contributed by atoms with Gasteiger partial charge in [-0.25, -0.2) is 0 Å². The van der Waals surface area contributed by atoms with Crippen LogP contribution >= 0.6 is 27.3 Å². The quantitative estimate of drug-likeness (QED) is 0.281. The monoisotopic (exact) mass is 482 g/mol. The Morgan fingerprint density at radius 1 is 0.483 bits per heavy atom. The van der Waals surface area contributed by atoms with E-state index in [2.05, 4.69) is 115 Å². The minimum Gasteiger partial charge on any atom is -0.254 e. The van der Waals surface area contributed by atoms with Gasteiger partial charge in [0, 0.05) is 15.9 Å². The molecule has 0 aliphatic rings. The van der Waals surface area contributed by atoms with Gasteiger partial charge in [0.2, 0.25) is 0 Å². The molecule has 0 fully saturated rings. The second kappa shape index (κ2) is 11.4. The summed E-state index contributed by atoms with van der Waals surface area (Å²) < 4.78 is 5.41. The Hall–Kier alpha value is -1.80. The van der Waals surface area contributed by atoms with Crippen molar-refractivity contribution in [2.45, 2.75) is 0 Å². The second-order valence-electron chi connectivity index (χ2n) is 6.13. The van der Waals surface area contributed by atoms with E-state index in [-0.39, 0.29) is 0 Å². The van der Waals surface area contributed by atoms with Crippen molar-refractivity contribution >= 4 is 48.9 Å². The molecule has 0 saturated heterocycles. The van der Waals surface area contributed by atoms with Gasteiger partial charge in [0.15, 0.2) is 0 Å². The third-order valence-corrected chi connectivity index (χ3v) is 8.08. The number of hydrogen-bond acceptors (Lipinski definition) is 1. The number of hydrogen-bond donors (Lipinski definition) is 0. The zero-order valence-corrected chi connectivity index (χ0v) is 19.0. The molecule has 0 saturated carbocycles. The Morgan fingerprint density at radius 2 is 0.759 bits per heavy atom. The van der Waals surface area contributed by atoms with Crippen molar-refractivity contribution in [1.82, 2.24) is 0 Å². The second-order valence-corrected chi connectivity index (χ2v) is 10.9. The van der Waals surface area contributed by atoms with Crippen LogP contribution in [0.3, 0.4) is 0 Å². The normalized spacial score (nSPS) is 10.7. The first-order chi connectivity index (χ1) is 14.3. The Bertz CT molecular complexity index is 940. The van der Waals surface area contributed by atoms with Crippen LogP contribution in [0.15, 0.2) is 126 Å². The van der Waals surface area contributed by atoms with E-state index in [1.165, 1.54) is 15.9 Å². The van der Waals surface area contributed by atoms with Crippen LogP contribution in [0.5, 0.6) is 0 Å². The SMILES string of the molecule is [Cl][Co][Cl].c1ccc(N=P(c2ccccc2)(c2ccccc2)c2ccccc2)cc1. The van der Waals surface area contributed by atoms with Gasteiger partial charge in [-0.1, -0.05) is 109 Å². The molecule has 0 amide bonds. The fraction of sp³-hybridized carbons (Fsp3) is 0. The van der Waals surface area contributed by atoms with E-state index in [0.717, 1.165) is 5.69 Å². The van der Waals surface area contributed by atoms with E-state index >= 15 is 0 Å². The fourth-order valence-corrected chi connectivity index (χ4v) is 6.75. The Kier molecular flexibility index (Phi) is 8.61. The van der Waals surface area contributed by atoms with Gasteiger partial charge in [-0.3, -0.25) is 4.74 Å². The van der Waals surface area contributed by atoms with Crippen molar-refractivity contribution in [3.63, 3.8) is 0 Å². The molecule has 0 N–H and O–H groups in total. The summed E-state index contributed by atoms with van der Waals surface area (Å²) in [5, 5.41) is 3.80. The maximum atomic E-state index is 5.41. The Balaban J connectivity index is 0.000000755. The molecule has 0 unspecified atom stereocenters. The Labute approximate surface area is 187 Å². The van der Waals surface area contributed by atoms with Gasteiger partial charge in [-0.05, 0) is 12.1 Å². The van der Waals surface area contributed by atoms with E-state index < -0.39 is 7.05 Å². The standard InChI is InChI=1S/C24H20NP.2ClH.Co/c1-5-13-21(14-6-1)25-26(22-15-7-2-8-16-22,23-17-9-3-10-18-23)24-19-11-4-12-20-24;;;/h1-20H;2*1H;/q;;;+2/p-2. The van der Waals surface area contributed by atoms with Gasteiger partial charge in [-0.15, -0.1) is 0 Å². The summed E-state index contributed by atoms with van der Waals surface area (Å²) in [5.41, 5.74) is 1.01. The fourth-order valence-electron chi connectivity index (χ4n) is 3.22. The van der Waals surface area contributed by atoms with Gasteiger partial charge in [0.05, 0.1) is 12.7 Å². The van der Waals surface area contributed by atoms with Gasteiger partial charge in [0.25, 0.3) is 0 Å². The molecule has 0 atom stereocenters.